The molecule has 0 saturated heterocycles. The van der Waals surface area contributed by atoms with Gasteiger partial charge in [0.2, 0.25) is 17.7 Å². The Morgan fingerprint density at radius 3 is 2.09 bits per heavy atom. The van der Waals surface area contributed by atoms with Crippen molar-refractivity contribution >= 4 is 23.1 Å². The van der Waals surface area contributed by atoms with E-state index in [9.17, 15) is 10.1 Å². The summed E-state index contributed by atoms with van der Waals surface area (Å²) in [5, 5.41) is 27.4. The van der Waals surface area contributed by atoms with Crippen LogP contribution >= 0.6 is 11.8 Å². The van der Waals surface area contributed by atoms with Crippen molar-refractivity contribution < 1.29 is 13.8 Å². The number of rotatable bonds is 9. The van der Waals surface area contributed by atoms with Gasteiger partial charge in [0, 0.05) is 42.0 Å². The largest absolute Gasteiger partial charge is 0.419 e. The Bertz CT molecular complexity index is 1220. The van der Waals surface area contributed by atoms with Gasteiger partial charge in [0.15, 0.2) is 0 Å². The number of nitrogens with zero attached hydrogens (tertiary/aromatic N) is 6. The lowest BCUT2D eigenvalue weighted by atomic mass is 10.2. The Labute approximate surface area is 194 Å². The monoisotopic (exact) mass is 466 g/mol. The molecule has 11 heteroatoms. The maximum absolute atomic E-state index is 10.8. The molecule has 0 saturated carbocycles. The van der Waals surface area contributed by atoms with Crippen LogP contribution < -0.4 is 4.90 Å². The van der Waals surface area contributed by atoms with Gasteiger partial charge in [-0.15, -0.1) is 20.4 Å². The zero-order valence-electron chi connectivity index (χ0n) is 18.3. The van der Waals surface area contributed by atoms with E-state index >= 15 is 0 Å². The zero-order valence-corrected chi connectivity index (χ0v) is 19.2. The first-order chi connectivity index (χ1) is 16.0. The number of non-ortho nitro benzene ring substituents is 1. The first-order valence-corrected chi connectivity index (χ1v) is 11.3. The summed E-state index contributed by atoms with van der Waals surface area (Å²) in [7, 11) is 0. The molecule has 10 nitrogen and oxygen atoms in total. The van der Waals surface area contributed by atoms with Crippen molar-refractivity contribution in [3.8, 4) is 22.9 Å². The molecule has 0 radical (unpaired) electrons. The third-order valence-corrected chi connectivity index (χ3v) is 5.96. The van der Waals surface area contributed by atoms with Crippen LogP contribution in [-0.4, -0.2) is 38.4 Å². The fourth-order valence-electron chi connectivity index (χ4n) is 3.22. The smallest absolute Gasteiger partial charge is 0.277 e. The Balaban J connectivity index is 1.43. The number of nitro groups is 1. The molecule has 2 aromatic heterocycles. The SMILES string of the molecule is CCN(CC)c1ccc(-c2nnc(SC(C)c3nnc(-c4ccc([N+](=O)[O-])cc4)o3)o2)cc1. The Kier molecular flexibility index (Phi) is 6.68. The third-order valence-electron chi connectivity index (χ3n) is 5.04. The van der Waals surface area contributed by atoms with Crippen molar-refractivity contribution in [2.75, 3.05) is 18.0 Å². The molecular weight excluding hydrogens is 444 g/mol. The number of benzene rings is 2. The highest BCUT2D eigenvalue weighted by atomic mass is 32.2. The minimum Gasteiger partial charge on any atom is -0.419 e. The van der Waals surface area contributed by atoms with Crippen LogP contribution in [0.1, 0.15) is 31.9 Å². The Hall–Kier alpha value is -3.73. The van der Waals surface area contributed by atoms with Crippen LogP contribution in [0, 0.1) is 10.1 Å². The van der Waals surface area contributed by atoms with E-state index in [0.29, 0.717) is 22.6 Å². The first-order valence-electron chi connectivity index (χ1n) is 10.4. The van der Waals surface area contributed by atoms with Crippen molar-refractivity contribution in [2.24, 2.45) is 0 Å². The van der Waals surface area contributed by atoms with Gasteiger partial charge in [0.1, 0.15) is 0 Å². The molecule has 170 valence electrons. The molecule has 0 bridgehead atoms. The standard InChI is InChI=1S/C22H22N6O4S/c1-4-27(5-2)17-10-6-16(7-11-17)21-25-26-22(32-21)33-14(3)19-23-24-20(31-19)15-8-12-18(13-9-15)28(29)30/h6-14H,4-5H2,1-3H3. The number of anilines is 1. The number of aromatic nitrogens is 4. The van der Waals surface area contributed by atoms with E-state index in [-0.39, 0.29) is 16.8 Å². The lowest BCUT2D eigenvalue weighted by Crippen LogP contribution is -2.21. The van der Waals surface area contributed by atoms with Crippen molar-refractivity contribution in [3.05, 3.63) is 64.5 Å². The summed E-state index contributed by atoms with van der Waals surface area (Å²) in [5.74, 6) is 1.11. The highest BCUT2D eigenvalue weighted by Crippen LogP contribution is 2.36. The highest BCUT2D eigenvalue weighted by molar-refractivity contribution is 7.99. The van der Waals surface area contributed by atoms with Gasteiger partial charge in [-0.2, -0.15) is 0 Å². The van der Waals surface area contributed by atoms with Gasteiger partial charge in [-0.25, -0.2) is 0 Å². The minimum absolute atomic E-state index is 0.00250. The van der Waals surface area contributed by atoms with Crippen LogP contribution in [0.3, 0.4) is 0 Å². The summed E-state index contributed by atoms with van der Waals surface area (Å²) >= 11 is 1.31. The minimum atomic E-state index is -0.459. The number of thioether (sulfide) groups is 1. The molecule has 0 aliphatic rings. The molecule has 4 rings (SSSR count). The molecule has 0 aliphatic carbocycles. The average molecular weight is 467 g/mol. The molecule has 1 unspecified atom stereocenters. The molecule has 4 aromatic rings. The highest BCUT2D eigenvalue weighted by Gasteiger charge is 2.20. The van der Waals surface area contributed by atoms with Gasteiger partial charge in [0.05, 0.1) is 10.2 Å². The fraction of sp³-hybridized carbons (Fsp3) is 0.273. The van der Waals surface area contributed by atoms with E-state index in [1.165, 1.54) is 23.9 Å². The molecule has 2 aromatic carbocycles. The van der Waals surface area contributed by atoms with Crippen LogP contribution in [0.25, 0.3) is 22.9 Å². The molecule has 33 heavy (non-hydrogen) atoms. The molecule has 1 atom stereocenters. The summed E-state index contributed by atoms with van der Waals surface area (Å²) in [4.78, 5) is 12.6. The van der Waals surface area contributed by atoms with Crippen LogP contribution in [-0.2, 0) is 0 Å². The van der Waals surface area contributed by atoms with Crippen LogP contribution in [0.4, 0.5) is 11.4 Å². The summed E-state index contributed by atoms with van der Waals surface area (Å²) in [6.07, 6.45) is 0. The number of nitro benzene ring substituents is 1. The van der Waals surface area contributed by atoms with Gasteiger partial charge in [-0.3, -0.25) is 10.1 Å². The van der Waals surface area contributed by atoms with E-state index in [1.54, 1.807) is 12.1 Å². The predicted octanol–water partition coefficient (Wildman–Crippen LogP) is 5.39. The molecule has 0 amide bonds. The lowest BCUT2D eigenvalue weighted by Gasteiger charge is -2.20. The first kappa shape index (κ1) is 22.5. The van der Waals surface area contributed by atoms with Crippen LogP contribution in [0.5, 0.6) is 0 Å². The van der Waals surface area contributed by atoms with Crippen molar-refractivity contribution in [1.82, 2.24) is 20.4 Å². The molecule has 0 spiro atoms. The second-order valence-corrected chi connectivity index (χ2v) is 8.39. The van der Waals surface area contributed by atoms with Gasteiger partial charge in [0.25, 0.3) is 10.9 Å². The third kappa shape index (κ3) is 5.03. The van der Waals surface area contributed by atoms with Crippen LogP contribution in [0.2, 0.25) is 0 Å². The van der Waals surface area contributed by atoms with E-state index < -0.39 is 4.92 Å². The zero-order chi connectivity index (χ0) is 23.4. The van der Waals surface area contributed by atoms with E-state index in [2.05, 4.69) is 39.1 Å². The van der Waals surface area contributed by atoms with Crippen LogP contribution in [0.15, 0.2) is 62.6 Å². The fourth-order valence-corrected chi connectivity index (χ4v) is 3.93. The molecule has 0 N–H and O–H groups in total. The normalized spacial score (nSPS) is 12.0. The molecule has 0 fully saturated rings. The van der Waals surface area contributed by atoms with Gasteiger partial charge in [-0.05, 0) is 57.2 Å². The lowest BCUT2D eigenvalue weighted by molar-refractivity contribution is -0.384. The van der Waals surface area contributed by atoms with Crippen molar-refractivity contribution in [3.63, 3.8) is 0 Å². The van der Waals surface area contributed by atoms with Crippen molar-refractivity contribution in [1.29, 1.82) is 0 Å². The Morgan fingerprint density at radius 2 is 1.48 bits per heavy atom. The van der Waals surface area contributed by atoms with E-state index in [4.69, 9.17) is 8.83 Å². The summed E-state index contributed by atoms with van der Waals surface area (Å²) in [6.45, 7) is 8.02. The number of hydrogen-bond acceptors (Lipinski definition) is 10. The van der Waals surface area contributed by atoms with E-state index in [0.717, 1.165) is 24.3 Å². The van der Waals surface area contributed by atoms with E-state index in [1.807, 2.05) is 31.2 Å². The molecule has 0 aliphatic heterocycles. The van der Waals surface area contributed by atoms with Crippen molar-refractivity contribution in [2.45, 2.75) is 31.2 Å². The second-order valence-electron chi connectivity index (χ2n) is 7.10. The molecule has 2 heterocycles. The van der Waals surface area contributed by atoms with Gasteiger partial charge >= 0.3 is 0 Å². The van der Waals surface area contributed by atoms with Gasteiger partial charge in [-0.1, -0.05) is 11.8 Å². The quantitative estimate of drug-likeness (QED) is 0.180. The second kappa shape index (κ2) is 9.82. The maximum atomic E-state index is 10.8. The molecular formula is C22H22N6O4S. The summed E-state index contributed by atoms with van der Waals surface area (Å²) in [5.41, 5.74) is 2.59. The Morgan fingerprint density at radius 1 is 0.909 bits per heavy atom. The maximum Gasteiger partial charge on any atom is 0.277 e. The topological polar surface area (TPSA) is 124 Å². The summed E-state index contributed by atoms with van der Waals surface area (Å²) in [6, 6.07) is 13.9. The van der Waals surface area contributed by atoms with Gasteiger partial charge < -0.3 is 13.7 Å². The summed E-state index contributed by atoms with van der Waals surface area (Å²) < 4.78 is 11.6. The number of hydrogen-bond donors (Lipinski definition) is 0. The average Bonchev–Trinajstić information content (AvgIpc) is 3.51. The predicted molar refractivity (Wildman–Crippen MR) is 124 cm³/mol.